The maximum atomic E-state index is 12.8. The van der Waals surface area contributed by atoms with Crippen molar-refractivity contribution in [2.24, 2.45) is 0 Å². The monoisotopic (exact) mass is 240 g/mol. The summed E-state index contributed by atoms with van der Waals surface area (Å²) in [4.78, 5) is 13.4. The molecule has 0 spiro atoms. The standard InChI is InChI=1S/C8H5F5N2O/c9-5-2-1-4(7(10)15-5)14-6(16)3-8(11,12)13/h1-2H,3H2,(H,14,16). The van der Waals surface area contributed by atoms with Gasteiger partial charge < -0.3 is 5.32 Å². The Balaban J connectivity index is 2.70. The summed E-state index contributed by atoms with van der Waals surface area (Å²) in [5, 5.41) is 1.63. The molecule has 0 bridgehead atoms. The molecule has 0 saturated carbocycles. The molecule has 8 heteroatoms. The molecule has 0 aliphatic heterocycles. The first-order chi connectivity index (χ1) is 7.28. The molecule has 0 radical (unpaired) electrons. The van der Waals surface area contributed by atoms with Gasteiger partial charge >= 0.3 is 6.18 Å². The van der Waals surface area contributed by atoms with E-state index < -0.39 is 36.1 Å². The number of anilines is 1. The minimum atomic E-state index is -4.69. The fourth-order valence-corrected chi connectivity index (χ4v) is 0.882. The molecule has 1 amide bonds. The largest absolute Gasteiger partial charge is 0.397 e. The van der Waals surface area contributed by atoms with Crippen LogP contribution in [0.2, 0.25) is 0 Å². The third-order valence-corrected chi connectivity index (χ3v) is 1.45. The molecule has 0 aliphatic rings. The summed E-state index contributed by atoms with van der Waals surface area (Å²) >= 11 is 0. The molecule has 1 aromatic rings. The second-order valence-corrected chi connectivity index (χ2v) is 2.81. The van der Waals surface area contributed by atoms with E-state index in [1.165, 1.54) is 0 Å². The minimum Gasteiger partial charge on any atom is -0.322 e. The van der Waals surface area contributed by atoms with Crippen LogP contribution < -0.4 is 5.32 Å². The lowest BCUT2D eigenvalue weighted by Gasteiger charge is -2.07. The molecule has 0 aromatic carbocycles. The molecule has 0 saturated heterocycles. The second-order valence-electron chi connectivity index (χ2n) is 2.81. The topological polar surface area (TPSA) is 42.0 Å². The Morgan fingerprint density at radius 2 is 1.94 bits per heavy atom. The first-order valence-corrected chi connectivity index (χ1v) is 3.96. The number of nitrogens with one attached hydrogen (secondary N) is 1. The normalized spacial score (nSPS) is 11.3. The van der Waals surface area contributed by atoms with Gasteiger partial charge in [0.15, 0.2) is 0 Å². The number of hydrogen-bond donors (Lipinski definition) is 1. The van der Waals surface area contributed by atoms with Crippen molar-refractivity contribution in [2.45, 2.75) is 12.6 Å². The van der Waals surface area contributed by atoms with Crippen LogP contribution in [0.1, 0.15) is 6.42 Å². The minimum absolute atomic E-state index is 0.601. The van der Waals surface area contributed by atoms with Crippen LogP contribution in [0.4, 0.5) is 27.6 Å². The zero-order valence-electron chi connectivity index (χ0n) is 7.61. The van der Waals surface area contributed by atoms with Crippen molar-refractivity contribution in [3.05, 3.63) is 24.0 Å². The van der Waals surface area contributed by atoms with E-state index in [2.05, 4.69) is 4.98 Å². The van der Waals surface area contributed by atoms with E-state index in [0.29, 0.717) is 6.07 Å². The number of aromatic nitrogens is 1. The number of pyridine rings is 1. The SMILES string of the molecule is O=C(CC(F)(F)F)Nc1ccc(F)nc1F. The van der Waals surface area contributed by atoms with Crippen LogP contribution in [0.5, 0.6) is 0 Å². The van der Waals surface area contributed by atoms with Gasteiger partial charge in [0.25, 0.3) is 0 Å². The number of rotatable bonds is 2. The van der Waals surface area contributed by atoms with Gasteiger partial charge in [-0.2, -0.15) is 26.9 Å². The molecule has 0 unspecified atom stereocenters. The van der Waals surface area contributed by atoms with Gasteiger partial charge in [0.05, 0.1) is 5.69 Å². The van der Waals surface area contributed by atoms with Crippen LogP contribution in [0.15, 0.2) is 12.1 Å². The number of amides is 1. The first-order valence-electron chi connectivity index (χ1n) is 3.96. The summed E-state index contributed by atoms with van der Waals surface area (Å²) in [5.74, 6) is -3.96. The predicted molar refractivity (Wildman–Crippen MR) is 43.5 cm³/mol. The Labute approximate surface area is 86.3 Å². The van der Waals surface area contributed by atoms with E-state index in [4.69, 9.17) is 0 Å². The molecular formula is C8H5F5N2O. The van der Waals surface area contributed by atoms with E-state index in [9.17, 15) is 26.7 Å². The van der Waals surface area contributed by atoms with E-state index in [-0.39, 0.29) is 0 Å². The zero-order chi connectivity index (χ0) is 12.3. The van der Waals surface area contributed by atoms with Gasteiger partial charge in [-0.25, -0.2) is 0 Å². The average Bonchev–Trinajstić information content (AvgIpc) is 2.06. The number of alkyl halides is 3. The molecular weight excluding hydrogens is 235 g/mol. The lowest BCUT2D eigenvalue weighted by molar-refractivity contribution is -0.150. The Morgan fingerprint density at radius 3 is 2.44 bits per heavy atom. The van der Waals surface area contributed by atoms with Crippen LogP contribution >= 0.6 is 0 Å². The summed E-state index contributed by atoms with van der Waals surface area (Å²) in [5.41, 5.74) is -0.601. The van der Waals surface area contributed by atoms with E-state index in [1.807, 2.05) is 0 Å². The van der Waals surface area contributed by atoms with Crippen molar-refractivity contribution in [1.29, 1.82) is 0 Å². The van der Waals surface area contributed by atoms with Crippen LogP contribution in [-0.2, 0) is 4.79 Å². The number of carbonyl (C=O) groups excluding carboxylic acids is 1. The molecule has 3 nitrogen and oxygen atoms in total. The summed E-state index contributed by atoms with van der Waals surface area (Å²) in [6.45, 7) is 0. The van der Waals surface area contributed by atoms with Gasteiger partial charge in [0.1, 0.15) is 6.42 Å². The number of carbonyl (C=O) groups is 1. The quantitative estimate of drug-likeness (QED) is 0.636. The number of halogens is 5. The predicted octanol–water partition coefficient (Wildman–Crippen LogP) is 2.25. The Morgan fingerprint density at radius 1 is 1.31 bits per heavy atom. The highest BCUT2D eigenvalue weighted by molar-refractivity contribution is 5.91. The Hall–Kier alpha value is -1.73. The Bertz CT molecular complexity index is 404. The summed E-state index contributed by atoms with van der Waals surface area (Å²) in [7, 11) is 0. The van der Waals surface area contributed by atoms with E-state index in [0.717, 1.165) is 6.07 Å². The molecule has 1 heterocycles. The summed E-state index contributed by atoms with van der Waals surface area (Å²) in [6, 6.07) is 1.50. The molecule has 1 N–H and O–H groups in total. The molecule has 16 heavy (non-hydrogen) atoms. The summed E-state index contributed by atoms with van der Waals surface area (Å²) in [6.07, 6.45) is -6.43. The van der Waals surface area contributed by atoms with Gasteiger partial charge in [-0.05, 0) is 12.1 Å². The van der Waals surface area contributed by atoms with Crippen LogP contribution in [-0.4, -0.2) is 17.1 Å². The summed E-state index contributed by atoms with van der Waals surface area (Å²) < 4.78 is 60.3. The van der Waals surface area contributed by atoms with Gasteiger partial charge in [0, 0.05) is 0 Å². The molecule has 0 fully saturated rings. The highest BCUT2D eigenvalue weighted by Crippen LogP contribution is 2.20. The van der Waals surface area contributed by atoms with Crippen LogP contribution in [0, 0.1) is 11.9 Å². The third-order valence-electron chi connectivity index (χ3n) is 1.45. The third kappa shape index (κ3) is 3.79. The van der Waals surface area contributed by atoms with E-state index >= 15 is 0 Å². The molecule has 0 aliphatic carbocycles. The second kappa shape index (κ2) is 4.42. The van der Waals surface area contributed by atoms with E-state index in [1.54, 1.807) is 5.32 Å². The number of nitrogens with zero attached hydrogens (tertiary/aromatic N) is 1. The highest BCUT2D eigenvalue weighted by Gasteiger charge is 2.31. The lowest BCUT2D eigenvalue weighted by Crippen LogP contribution is -2.21. The first kappa shape index (κ1) is 12.3. The van der Waals surface area contributed by atoms with Crippen molar-refractivity contribution in [2.75, 3.05) is 5.32 Å². The maximum Gasteiger partial charge on any atom is 0.397 e. The van der Waals surface area contributed by atoms with Gasteiger partial charge in [-0.1, -0.05) is 0 Å². The molecule has 0 atom stereocenters. The van der Waals surface area contributed by atoms with Gasteiger partial charge in [0.2, 0.25) is 17.8 Å². The molecule has 1 rings (SSSR count). The smallest absolute Gasteiger partial charge is 0.322 e. The highest BCUT2D eigenvalue weighted by atomic mass is 19.4. The van der Waals surface area contributed by atoms with Gasteiger partial charge in [-0.3, -0.25) is 4.79 Å². The van der Waals surface area contributed by atoms with Crippen molar-refractivity contribution < 1.29 is 26.7 Å². The van der Waals surface area contributed by atoms with Crippen molar-refractivity contribution in [3.8, 4) is 0 Å². The van der Waals surface area contributed by atoms with Crippen LogP contribution in [0.25, 0.3) is 0 Å². The zero-order valence-corrected chi connectivity index (χ0v) is 7.61. The van der Waals surface area contributed by atoms with Crippen molar-refractivity contribution >= 4 is 11.6 Å². The lowest BCUT2D eigenvalue weighted by atomic mass is 10.3. The van der Waals surface area contributed by atoms with Crippen molar-refractivity contribution in [3.63, 3.8) is 0 Å². The molecule has 1 aromatic heterocycles. The fourth-order valence-electron chi connectivity index (χ4n) is 0.882. The van der Waals surface area contributed by atoms with Crippen molar-refractivity contribution in [1.82, 2.24) is 4.98 Å². The maximum absolute atomic E-state index is 12.8. The van der Waals surface area contributed by atoms with Crippen LogP contribution in [0.3, 0.4) is 0 Å². The Kier molecular flexibility index (Phi) is 3.41. The average molecular weight is 240 g/mol. The van der Waals surface area contributed by atoms with Gasteiger partial charge in [-0.15, -0.1) is 0 Å². The molecule has 88 valence electrons. The number of hydrogen-bond acceptors (Lipinski definition) is 2. The fraction of sp³-hybridized carbons (Fsp3) is 0.250.